The Morgan fingerprint density at radius 2 is 1.69 bits per heavy atom. The smallest absolute Gasteiger partial charge is 0.335 e. The molecule has 0 spiro atoms. The summed E-state index contributed by atoms with van der Waals surface area (Å²) in [5.41, 5.74) is 0.701. The number of carbonyl (C=O) groups is 3. The van der Waals surface area contributed by atoms with Crippen LogP contribution in [0.2, 0.25) is 0 Å². The van der Waals surface area contributed by atoms with E-state index < -0.39 is 17.8 Å². The Morgan fingerprint density at radius 1 is 1.00 bits per heavy atom. The first-order chi connectivity index (χ1) is 13.9. The second-order valence-electron chi connectivity index (χ2n) is 6.00. The zero-order valence-corrected chi connectivity index (χ0v) is 17.5. The van der Waals surface area contributed by atoms with Crippen LogP contribution in [-0.4, -0.2) is 31.1 Å². The number of barbiturate groups is 1. The number of carbonyl (C=O) groups excluding carboxylic acids is 3. The minimum Gasteiger partial charge on any atom is -0.494 e. The minimum atomic E-state index is -0.805. The van der Waals surface area contributed by atoms with Gasteiger partial charge in [0.2, 0.25) is 0 Å². The van der Waals surface area contributed by atoms with Crippen molar-refractivity contribution in [2.75, 3.05) is 18.1 Å². The molecule has 1 N–H and O–H groups in total. The number of benzene rings is 2. The Bertz CT molecular complexity index is 985. The summed E-state index contributed by atoms with van der Waals surface area (Å²) in [6, 6.07) is 10.9. The van der Waals surface area contributed by atoms with E-state index in [-0.39, 0.29) is 5.57 Å². The maximum absolute atomic E-state index is 13.0. The summed E-state index contributed by atoms with van der Waals surface area (Å²) in [4.78, 5) is 38.6. The quantitative estimate of drug-likeness (QED) is 0.523. The number of ether oxygens (including phenoxy) is 2. The second kappa shape index (κ2) is 8.91. The molecule has 1 saturated heterocycles. The largest absolute Gasteiger partial charge is 0.494 e. The van der Waals surface area contributed by atoms with Gasteiger partial charge in [0.25, 0.3) is 11.8 Å². The minimum absolute atomic E-state index is 0.169. The van der Waals surface area contributed by atoms with E-state index in [4.69, 9.17) is 9.47 Å². The van der Waals surface area contributed by atoms with Crippen LogP contribution >= 0.6 is 15.9 Å². The molecule has 1 aliphatic rings. The molecule has 0 atom stereocenters. The molecule has 1 aliphatic heterocycles. The van der Waals surface area contributed by atoms with Crippen LogP contribution in [0.4, 0.5) is 10.5 Å². The Labute approximate surface area is 176 Å². The van der Waals surface area contributed by atoms with Crippen molar-refractivity contribution in [3.63, 3.8) is 0 Å². The zero-order valence-electron chi connectivity index (χ0n) is 15.9. The zero-order chi connectivity index (χ0) is 21.0. The maximum atomic E-state index is 13.0. The van der Waals surface area contributed by atoms with Crippen molar-refractivity contribution in [1.29, 1.82) is 0 Å². The van der Waals surface area contributed by atoms with Gasteiger partial charge in [0.1, 0.15) is 17.1 Å². The number of rotatable bonds is 6. The molecular formula is C21H19BrN2O5. The van der Waals surface area contributed by atoms with Gasteiger partial charge in [-0.3, -0.25) is 14.9 Å². The number of hydrogen-bond donors (Lipinski definition) is 1. The fourth-order valence-corrected chi connectivity index (χ4v) is 3.20. The molecule has 0 aliphatic carbocycles. The summed E-state index contributed by atoms with van der Waals surface area (Å²) in [5.74, 6) is -0.341. The number of hydrogen-bond acceptors (Lipinski definition) is 5. The number of imide groups is 2. The molecule has 1 fully saturated rings. The molecule has 8 heteroatoms. The summed E-state index contributed by atoms with van der Waals surface area (Å²) < 4.78 is 11.7. The average molecular weight is 459 g/mol. The van der Waals surface area contributed by atoms with Gasteiger partial charge in [-0.2, -0.15) is 0 Å². The lowest BCUT2D eigenvalue weighted by atomic mass is 10.1. The maximum Gasteiger partial charge on any atom is 0.335 e. The molecule has 0 radical (unpaired) electrons. The molecule has 7 nitrogen and oxygen atoms in total. The van der Waals surface area contributed by atoms with E-state index in [9.17, 15) is 14.4 Å². The van der Waals surface area contributed by atoms with E-state index in [1.54, 1.807) is 42.5 Å². The third-order valence-corrected chi connectivity index (χ3v) is 4.57. The number of urea groups is 1. The second-order valence-corrected chi connectivity index (χ2v) is 6.92. The van der Waals surface area contributed by atoms with Crippen LogP contribution < -0.4 is 19.7 Å². The normalized spacial score (nSPS) is 15.5. The van der Waals surface area contributed by atoms with Gasteiger partial charge in [-0.25, -0.2) is 9.69 Å². The molecule has 0 aromatic heterocycles. The van der Waals surface area contributed by atoms with Crippen molar-refractivity contribution in [1.82, 2.24) is 5.32 Å². The first-order valence-electron chi connectivity index (χ1n) is 9.01. The van der Waals surface area contributed by atoms with Crippen LogP contribution in [0.5, 0.6) is 11.5 Å². The third-order valence-electron chi connectivity index (χ3n) is 4.08. The molecule has 4 amide bonds. The highest BCUT2D eigenvalue weighted by Gasteiger charge is 2.37. The fraction of sp³-hybridized carbons (Fsp3) is 0.190. The van der Waals surface area contributed by atoms with Crippen molar-refractivity contribution < 1.29 is 23.9 Å². The lowest BCUT2D eigenvalue weighted by molar-refractivity contribution is -0.122. The van der Waals surface area contributed by atoms with Crippen LogP contribution in [-0.2, 0) is 9.59 Å². The first-order valence-corrected chi connectivity index (χ1v) is 9.80. The number of nitrogens with one attached hydrogen (secondary N) is 1. The summed E-state index contributed by atoms with van der Waals surface area (Å²) in [5, 5.41) is 2.21. The molecule has 150 valence electrons. The van der Waals surface area contributed by atoms with Crippen molar-refractivity contribution >= 4 is 45.5 Å². The van der Waals surface area contributed by atoms with E-state index in [2.05, 4.69) is 21.2 Å². The predicted octanol–water partition coefficient (Wildman–Crippen LogP) is 3.91. The third kappa shape index (κ3) is 4.48. The molecule has 2 aromatic carbocycles. The van der Waals surface area contributed by atoms with Crippen LogP contribution in [0.15, 0.2) is 52.5 Å². The van der Waals surface area contributed by atoms with E-state index in [1.165, 1.54) is 6.08 Å². The monoisotopic (exact) mass is 458 g/mol. The summed E-state index contributed by atoms with van der Waals surface area (Å²) in [6.45, 7) is 4.62. The summed E-state index contributed by atoms with van der Waals surface area (Å²) in [6.07, 6.45) is 1.42. The molecule has 0 saturated carbocycles. The lowest BCUT2D eigenvalue weighted by Crippen LogP contribution is -2.54. The van der Waals surface area contributed by atoms with Crippen LogP contribution in [0.25, 0.3) is 6.08 Å². The summed E-state index contributed by atoms with van der Waals surface area (Å²) in [7, 11) is 0. The van der Waals surface area contributed by atoms with E-state index in [0.717, 1.165) is 9.37 Å². The molecule has 0 bridgehead atoms. The van der Waals surface area contributed by atoms with Crippen molar-refractivity contribution in [3.8, 4) is 11.5 Å². The van der Waals surface area contributed by atoms with Crippen molar-refractivity contribution in [3.05, 3.63) is 58.1 Å². The van der Waals surface area contributed by atoms with Gasteiger partial charge in [0.05, 0.1) is 18.9 Å². The van der Waals surface area contributed by atoms with Gasteiger partial charge in [-0.15, -0.1) is 0 Å². The van der Waals surface area contributed by atoms with Crippen LogP contribution in [0.1, 0.15) is 19.4 Å². The molecule has 3 rings (SSSR count). The standard InChI is InChI=1S/C21H19BrN2O5/c1-3-28-16-8-6-15(7-9-16)24-20(26)17(19(25)23-21(24)27)12-13-11-14(22)5-10-18(13)29-4-2/h5-12H,3-4H2,1-2H3,(H,23,25,27)/b17-12+. The number of amides is 4. The van der Waals surface area contributed by atoms with Gasteiger partial charge in [0, 0.05) is 10.0 Å². The molecule has 1 heterocycles. The Morgan fingerprint density at radius 3 is 2.34 bits per heavy atom. The first kappa shape index (κ1) is 20.6. The van der Waals surface area contributed by atoms with E-state index in [1.807, 2.05) is 13.8 Å². The SMILES string of the molecule is CCOc1ccc(N2C(=O)NC(=O)/C(=C\c3cc(Br)ccc3OCC)C2=O)cc1. The van der Waals surface area contributed by atoms with Gasteiger partial charge >= 0.3 is 6.03 Å². The molecule has 29 heavy (non-hydrogen) atoms. The molecule has 2 aromatic rings. The Balaban J connectivity index is 1.99. The Hall–Kier alpha value is -3.13. The van der Waals surface area contributed by atoms with E-state index >= 15 is 0 Å². The molecular weight excluding hydrogens is 440 g/mol. The van der Waals surface area contributed by atoms with Crippen molar-refractivity contribution in [2.45, 2.75) is 13.8 Å². The van der Waals surface area contributed by atoms with E-state index in [0.29, 0.717) is 36.0 Å². The van der Waals surface area contributed by atoms with Gasteiger partial charge in [-0.05, 0) is 62.4 Å². The number of anilines is 1. The number of halogens is 1. The summed E-state index contributed by atoms with van der Waals surface area (Å²) >= 11 is 3.37. The van der Waals surface area contributed by atoms with Crippen molar-refractivity contribution in [2.24, 2.45) is 0 Å². The highest BCUT2D eigenvalue weighted by atomic mass is 79.9. The average Bonchev–Trinajstić information content (AvgIpc) is 2.68. The van der Waals surface area contributed by atoms with Crippen LogP contribution in [0.3, 0.4) is 0 Å². The highest BCUT2D eigenvalue weighted by molar-refractivity contribution is 9.10. The van der Waals surface area contributed by atoms with Gasteiger partial charge in [0.15, 0.2) is 0 Å². The highest BCUT2D eigenvalue weighted by Crippen LogP contribution is 2.28. The fourth-order valence-electron chi connectivity index (χ4n) is 2.82. The van der Waals surface area contributed by atoms with Gasteiger partial charge in [-0.1, -0.05) is 15.9 Å². The Kier molecular flexibility index (Phi) is 6.33. The predicted molar refractivity (Wildman–Crippen MR) is 112 cm³/mol. The topological polar surface area (TPSA) is 84.9 Å². The van der Waals surface area contributed by atoms with Crippen LogP contribution in [0, 0.1) is 0 Å². The lowest BCUT2D eigenvalue weighted by Gasteiger charge is -2.26. The number of nitrogens with zero attached hydrogens (tertiary/aromatic N) is 1. The molecule has 0 unspecified atom stereocenters. The van der Waals surface area contributed by atoms with Gasteiger partial charge < -0.3 is 9.47 Å².